The smallest absolute Gasteiger partial charge is 0.262 e. The fourth-order valence-corrected chi connectivity index (χ4v) is 7.78. The van der Waals surface area contributed by atoms with Gasteiger partial charge in [0.05, 0.1) is 11.7 Å². The van der Waals surface area contributed by atoms with Gasteiger partial charge in [0.2, 0.25) is 0 Å². The Bertz CT molecular complexity index is 1820. The SMILES string of the molecule is O=C(NCCCN1CCc2c(sc3ncn(CCN4CCN(c5cccc6ccccc56)CC4)c(=O)c23)C1)c1ccccc1. The van der Waals surface area contributed by atoms with Crippen molar-refractivity contribution in [2.75, 3.05) is 57.3 Å². The largest absolute Gasteiger partial charge is 0.368 e. The third-order valence-corrected chi connectivity index (χ3v) is 10.1. The lowest BCUT2D eigenvalue weighted by molar-refractivity contribution is 0.0951. The molecule has 2 aliphatic rings. The summed E-state index contributed by atoms with van der Waals surface area (Å²) in [7, 11) is 0. The topological polar surface area (TPSA) is 73.7 Å². The number of fused-ring (bicyclic) bond motifs is 4. The molecule has 5 aromatic rings. The Balaban J connectivity index is 0.926. The van der Waals surface area contributed by atoms with Crippen LogP contribution in [0.1, 0.15) is 27.2 Å². The molecule has 0 saturated carbocycles. The summed E-state index contributed by atoms with van der Waals surface area (Å²) in [6.07, 6.45) is 3.50. The van der Waals surface area contributed by atoms with Gasteiger partial charge in [-0.3, -0.25) is 24.0 Å². The molecular weight excluding hydrogens is 568 g/mol. The quantitative estimate of drug-likeness (QED) is 0.247. The maximum atomic E-state index is 13.6. The molecule has 4 heterocycles. The van der Waals surface area contributed by atoms with E-state index in [4.69, 9.17) is 4.98 Å². The highest BCUT2D eigenvalue weighted by molar-refractivity contribution is 7.18. The Hall–Kier alpha value is -4.05. The molecule has 8 nitrogen and oxygen atoms in total. The minimum absolute atomic E-state index is 0.0263. The van der Waals surface area contributed by atoms with Crippen molar-refractivity contribution in [2.24, 2.45) is 0 Å². The number of nitrogens with zero attached hydrogens (tertiary/aromatic N) is 5. The van der Waals surface area contributed by atoms with Gasteiger partial charge in [-0.15, -0.1) is 11.3 Å². The minimum Gasteiger partial charge on any atom is -0.368 e. The van der Waals surface area contributed by atoms with Crippen molar-refractivity contribution in [3.63, 3.8) is 0 Å². The molecule has 226 valence electrons. The summed E-state index contributed by atoms with van der Waals surface area (Å²) >= 11 is 1.66. The highest BCUT2D eigenvalue weighted by Crippen LogP contribution is 2.32. The molecule has 7 rings (SSSR count). The van der Waals surface area contributed by atoms with E-state index >= 15 is 0 Å². The first-order chi connectivity index (χ1) is 21.6. The maximum absolute atomic E-state index is 13.6. The van der Waals surface area contributed by atoms with Crippen molar-refractivity contribution in [3.05, 3.63) is 105 Å². The van der Waals surface area contributed by atoms with Crippen LogP contribution in [0.5, 0.6) is 0 Å². The number of carbonyl (C=O) groups is 1. The molecule has 44 heavy (non-hydrogen) atoms. The van der Waals surface area contributed by atoms with Gasteiger partial charge in [-0.2, -0.15) is 0 Å². The zero-order valence-electron chi connectivity index (χ0n) is 25.0. The molecule has 1 amide bonds. The van der Waals surface area contributed by atoms with Crippen molar-refractivity contribution < 1.29 is 4.79 Å². The van der Waals surface area contributed by atoms with Crippen molar-refractivity contribution in [3.8, 4) is 0 Å². The summed E-state index contributed by atoms with van der Waals surface area (Å²) in [5.74, 6) is -0.0263. The second-order valence-electron chi connectivity index (χ2n) is 11.8. The van der Waals surface area contributed by atoms with Crippen LogP contribution in [0, 0.1) is 0 Å². The standard InChI is InChI=1S/C35H38N6O2S/c42-33(27-9-2-1-3-10-27)36-15-7-16-39-17-14-29-31(24-39)44-34-32(29)35(43)41(25-37-34)23-20-38-18-21-40(22-19-38)30-13-6-11-26-8-4-5-12-28(26)30/h1-6,8-13,25H,7,14-24H2,(H,36,42). The van der Waals surface area contributed by atoms with E-state index in [9.17, 15) is 9.59 Å². The van der Waals surface area contributed by atoms with E-state index < -0.39 is 0 Å². The molecule has 0 spiro atoms. The number of nitrogens with one attached hydrogen (secondary N) is 1. The van der Waals surface area contributed by atoms with Gasteiger partial charge in [-0.05, 0) is 42.0 Å². The first kappa shape index (κ1) is 28.7. The number of hydrogen-bond donors (Lipinski definition) is 1. The van der Waals surface area contributed by atoms with Crippen LogP contribution in [-0.2, 0) is 19.5 Å². The second kappa shape index (κ2) is 12.9. The molecule has 1 N–H and O–H groups in total. The third-order valence-electron chi connectivity index (χ3n) is 9.02. The van der Waals surface area contributed by atoms with Crippen molar-refractivity contribution in [1.82, 2.24) is 24.7 Å². The van der Waals surface area contributed by atoms with Gasteiger partial charge in [0.15, 0.2) is 0 Å². The molecular formula is C35H38N6O2S. The zero-order chi connectivity index (χ0) is 29.9. The number of thiophene rings is 1. The lowest BCUT2D eigenvalue weighted by Crippen LogP contribution is -2.47. The molecule has 1 fully saturated rings. The molecule has 0 aliphatic carbocycles. The van der Waals surface area contributed by atoms with Crippen LogP contribution in [0.2, 0.25) is 0 Å². The van der Waals surface area contributed by atoms with Crippen LogP contribution in [0.15, 0.2) is 83.9 Å². The van der Waals surface area contributed by atoms with Gasteiger partial charge in [0.1, 0.15) is 4.83 Å². The van der Waals surface area contributed by atoms with E-state index in [-0.39, 0.29) is 11.5 Å². The van der Waals surface area contributed by atoms with Crippen LogP contribution in [-0.4, -0.2) is 77.6 Å². The average Bonchev–Trinajstić information content (AvgIpc) is 3.45. The van der Waals surface area contributed by atoms with E-state index in [1.165, 1.54) is 26.9 Å². The normalized spacial score (nSPS) is 16.0. The van der Waals surface area contributed by atoms with Crippen LogP contribution in [0.3, 0.4) is 0 Å². The zero-order valence-corrected chi connectivity index (χ0v) is 25.8. The Morgan fingerprint density at radius 1 is 0.841 bits per heavy atom. The van der Waals surface area contributed by atoms with Crippen LogP contribution < -0.4 is 15.8 Å². The monoisotopic (exact) mass is 606 g/mol. The fourth-order valence-electron chi connectivity index (χ4n) is 6.56. The van der Waals surface area contributed by atoms with Gasteiger partial charge in [0.25, 0.3) is 11.5 Å². The van der Waals surface area contributed by atoms with Gasteiger partial charge < -0.3 is 10.2 Å². The number of hydrogen-bond acceptors (Lipinski definition) is 7. The molecule has 0 radical (unpaired) electrons. The van der Waals surface area contributed by atoms with Gasteiger partial charge in [-0.25, -0.2) is 4.98 Å². The number of amides is 1. The van der Waals surface area contributed by atoms with Crippen LogP contribution >= 0.6 is 11.3 Å². The first-order valence-electron chi connectivity index (χ1n) is 15.6. The lowest BCUT2D eigenvalue weighted by Gasteiger charge is -2.36. The number of carbonyl (C=O) groups excluding carboxylic acids is 1. The van der Waals surface area contributed by atoms with Crippen molar-refractivity contribution >= 4 is 43.9 Å². The highest BCUT2D eigenvalue weighted by Gasteiger charge is 2.24. The third kappa shape index (κ3) is 6.00. The predicted molar refractivity (Wildman–Crippen MR) is 179 cm³/mol. The van der Waals surface area contributed by atoms with Crippen LogP contribution in [0.4, 0.5) is 5.69 Å². The number of benzene rings is 3. The number of rotatable bonds is 9. The lowest BCUT2D eigenvalue weighted by atomic mass is 10.1. The van der Waals surface area contributed by atoms with Gasteiger partial charge in [0, 0.05) is 87.0 Å². The van der Waals surface area contributed by atoms with Crippen LogP contribution in [0.25, 0.3) is 21.0 Å². The number of aromatic nitrogens is 2. The van der Waals surface area contributed by atoms with E-state index in [0.717, 1.165) is 75.4 Å². The van der Waals surface area contributed by atoms with Crippen molar-refractivity contribution in [2.45, 2.75) is 25.9 Å². The summed E-state index contributed by atoms with van der Waals surface area (Å²) in [5.41, 5.74) is 3.29. The summed E-state index contributed by atoms with van der Waals surface area (Å²) in [6.45, 7) is 8.73. The summed E-state index contributed by atoms with van der Waals surface area (Å²) in [6, 6.07) is 24.5. The summed E-state index contributed by atoms with van der Waals surface area (Å²) < 4.78 is 1.81. The Morgan fingerprint density at radius 2 is 1.64 bits per heavy atom. The number of anilines is 1. The second-order valence-corrected chi connectivity index (χ2v) is 12.8. The highest BCUT2D eigenvalue weighted by atomic mass is 32.1. The summed E-state index contributed by atoms with van der Waals surface area (Å²) in [5, 5.41) is 6.43. The van der Waals surface area contributed by atoms with E-state index in [1.807, 2.05) is 34.9 Å². The molecule has 1 saturated heterocycles. The molecule has 0 unspecified atom stereocenters. The van der Waals surface area contributed by atoms with Gasteiger partial charge >= 0.3 is 0 Å². The Labute approximate surface area is 261 Å². The predicted octanol–water partition coefficient (Wildman–Crippen LogP) is 4.61. The molecule has 3 aromatic carbocycles. The maximum Gasteiger partial charge on any atom is 0.262 e. The molecule has 9 heteroatoms. The minimum atomic E-state index is -0.0263. The molecule has 2 aliphatic heterocycles. The van der Waals surface area contributed by atoms with Crippen molar-refractivity contribution in [1.29, 1.82) is 0 Å². The van der Waals surface area contributed by atoms with E-state index in [1.54, 1.807) is 17.7 Å². The average molecular weight is 607 g/mol. The van der Waals surface area contributed by atoms with Gasteiger partial charge in [-0.1, -0.05) is 54.6 Å². The molecule has 0 atom stereocenters. The first-order valence-corrected chi connectivity index (χ1v) is 16.5. The Kier molecular flexibility index (Phi) is 8.41. The molecule has 0 bridgehead atoms. The van der Waals surface area contributed by atoms with E-state index in [0.29, 0.717) is 18.7 Å². The van der Waals surface area contributed by atoms with E-state index in [2.05, 4.69) is 62.5 Å². The summed E-state index contributed by atoms with van der Waals surface area (Å²) in [4.78, 5) is 40.1. The Morgan fingerprint density at radius 3 is 2.50 bits per heavy atom. The number of piperazine rings is 1. The fraction of sp³-hybridized carbons (Fsp3) is 0.343. The molecule has 2 aromatic heterocycles.